The van der Waals surface area contributed by atoms with Crippen LogP contribution in [0.5, 0.6) is 0 Å². The van der Waals surface area contributed by atoms with Gasteiger partial charge in [0.25, 0.3) is 11.5 Å². The van der Waals surface area contributed by atoms with Crippen molar-refractivity contribution in [1.29, 1.82) is 0 Å². The minimum atomic E-state index is -0.272. The fourth-order valence-electron chi connectivity index (χ4n) is 4.53. The molecule has 0 bridgehead atoms. The second-order valence-corrected chi connectivity index (χ2v) is 8.64. The Morgan fingerprint density at radius 2 is 1.79 bits per heavy atom. The minimum Gasteiger partial charge on any atom is -0.352 e. The minimum absolute atomic E-state index is 0.111. The van der Waals surface area contributed by atoms with E-state index >= 15 is 0 Å². The molecule has 1 amide bonds. The Morgan fingerprint density at radius 1 is 1.00 bits per heavy atom. The summed E-state index contributed by atoms with van der Waals surface area (Å²) < 4.78 is 1.43. The molecule has 0 radical (unpaired) electrons. The quantitative estimate of drug-likeness (QED) is 0.380. The van der Waals surface area contributed by atoms with E-state index < -0.39 is 0 Å². The number of benzene rings is 2. The molecule has 0 saturated heterocycles. The van der Waals surface area contributed by atoms with E-state index in [9.17, 15) is 9.59 Å². The molecule has 5 rings (SSSR count). The van der Waals surface area contributed by atoms with E-state index in [-0.39, 0.29) is 17.0 Å². The number of fused-ring (bicyclic) bond motifs is 3. The van der Waals surface area contributed by atoms with Gasteiger partial charge in [-0.25, -0.2) is 4.68 Å². The van der Waals surface area contributed by atoms with Crippen molar-refractivity contribution in [3.8, 4) is 5.69 Å². The van der Waals surface area contributed by atoms with Gasteiger partial charge in [0, 0.05) is 23.5 Å². The van der Waals surface area contributed by atoms with Crippen molar-refractivity contribution in [3.05, 3.63) is 64.4 Å². The lowest BCUT2D eigenvalue weighted by Crippen LogP contribution is -2.34. The largest absolute Gasteiger partial charge is 0.352 e. The number of hydrogen-bond donors (Lipinski definition) is 3. The van der Waals surface area contributed by atoms with Gasteiger partial charge in [-0.05, 0) is 56.1 Å². The molecule has 1 aliphatic carbocycles. The van der Waals surface area contributed by atoms with Crippen LogP contribution in [-0.2, 0) is 0 Å². The average molecular weight is 445 g/mol. The molecule has 170 valence electrons. The molecule has 0 spiro atoms. The van der Waals surface area contributed by atoms with Gasteiger partial charge in [0.2, 0.25) is 0 Å². The van der Waals surface area contributed by atoms with E-state index in [0.717, 1.165) is 23.9 Å². The van der Waals surface area contributed by atoms with Crippen molar-refractivity contribution in [3.63, 3.8) is 0 Å². The maximum Gasteiger partial charge on any atom is 0.299 e. The molecular formula is C25H28N6O2. The Bertz CT molecular complexity index is 1320. The smallest absolute Gasteiger partial charge is 0.299 e. The van der Waals surface area contributed by atoms with Gasteiger partial charge in [-0.1, -0.05) is 37.5 Å². The third-order valence-corrected chi connectivity index (χ3v) is 6.36. The van der Waals surface area contributed by atoms with Gasteiger partial charge < -0.3 is 10.6 Å². The number of nitrogens with one attached hydrogen (secondary N) is 3. The number of aromatic nitrogens is 4. The summed E-state index contributed by atoms with van der Waals surface area (Å²) in [4.78, 5) is 25.3. The van der Waals surface area contributed by atoms with E-state index in [4.69, 9.17) is 0 Å². The Labute approximate surface area is 191 Å². The summed E-state index contributed by atoms with van der Waals surface area (Å²) in [6.07, 6.45) is 7.42. The molecule has 0 unspecified atom stereocenters. The zero-order chi connectivity index (χ0) is 22.6. The second kappa shape index (κ2) is 9.54. The van der Waals surface area contributed by atoms with E-state index in [1.165, 1.54) is 36.8 Å². The summed E-state index contributed by atoms with van der Waals surface area (Å²) in [7, 11) is 0. The van der Waals surface area contributed by atoms with Gasteiger partial charge in [-0.3, -0.25) is 14.7 Å². The van der Waals surface area contributed by atoms with Gasteiger partial charge in [-0.2, -0.15) is 0 Å². The van der Waals surface area contributed by atoms with Crippen LogP contribution in [-0.4, -0.2) is 45.0 Å². The topological polar surface area (TPSA) is 105 Å². The fourth-order valence-corrected chi connectivity index (χ4v) is 4.53. The molecule has 2 aromatic heterocycles. The maximum absolute atomic E-state index is 12.9. The molecule has 0 aliphatic heterocycles. The predicted octanol–water partition coefficient (Wildman–Crippen LogP) is 3.30. The molecule has 1 saturated carbocycles. The van der Waals surface area contributed by atoms with Crippen LogP contribution < -0.4 is 16.2 Å². The zero-order valence-corrected chi connectivity index (χ0v) is 18.5. The third-order valence-electron chi connectivity index (χ3n) is 6.36. The van der Waals surface area contributed by atoms with Crippen molar-refractivity contribution in [2.45, 2.75) is 44.6 Å². The molecule has 4 aromatic rings. The van der Waals surface area contributed by atoms with Crippen molar-refractivity contribution < 1.29 is 4.79 Å². The van der Waals surface area contributed by atoms with Crippen LogP contribution in [0.1, 0.15) is 48.9 Å². The summed E-state index contributed by atoms with van der Waals surface area (Å²) in [6, 6.07) is 15.2. The Morgan fingerprint density at radius 3 is 2.61 bits per heavy atom. The first-order valence-corrected chi connectivity index (χ1v) is 11.7. The van der Waals surface area contributed by atoms with E-state index in [2.05, 4.69) is 25.9 Å². The van der Waals surface area contributed by atoms with Crippen LogP contribution in [0.15, 0.2) is 53.3 Å². The highest BCUT2D eigenvalue weighted by Crippen LogP contribution is 2.19. The Kier molecular flexibility index (Phi) is 6.17. The van der Waals surface area contributed by atoms with Gasteiger partial charge >= 0.3 is 0 Å². The summed E-state index contributed by atoms with van der Waals surface area (Å²) in [6.45, 7) is 1.55. The zero-order valence-electron chi connectivity index (χ0n) is 18.5. The normalized spacial score (nSPS) is 14.7. The molecular weight excluding hydrogens is 416 g/mol. The number of carbonyl (C=O) groups excluding carboxylic acids is 1. The first-order valence-electron chi connectivity index (χ1n) is 11.7. The lowest BCUT2D eigenvalue weighted by atomic mass is 9.95. The van der Waals surface area contributed by atoms with Crippen LogP contribution >= 0.6 is 0 Å². The number of rotatable bonds is 7. The van der Waals surface area contributed by atoms with Crippen molar-refractivity contribution in [1.82, 2.24) is 30.6 Å². The molecule has 8 heteroatoms. The van der Waals surface area contributed by atoms with E-state index in [0.29, 0.717) is 29.4 Å². The lowest BCUT2D eigenvalue weighted by Gasteiger charge is -2.22. The molecule has 2 aromatic carbocycles. The summed E-state index contributed by atoms with van der Waals surface area (Å²) in [5.74, 6) is -0.111. The maximum atomic E-state index is 12.9. The molecule has 1 aliphatic rings. The molecule has 2 heterocycles. The number of hydrogen-bond acceptors (Lipinski definition) is 5. The third kappa shape index (κ3) is 4.52. The van der Waals surface area contributed by atoms with Crippen LogP contribution in [0.25, 0.3) is 27.6 Å². The van der Waals surface area contributed by atoms with Gasteiger partial charge in [-0.15, -0.1) is 10.2 Å². The molecule has 0 atom stereocenters. The number of aromatic amines is 1. The average Bonchev–Trinajstić information content (AvgIpc) is 3.21. The first kappa shape index (κ1) is 21.3. The Balaban J connectivity index is 1.22. The lowest BCUT2D eigenvalue weighted by molar-refractivity contribution is 0.0953. The van der Waals surface area contributed by atoms with Crippen LogP contribution in [0.2, 0.25) is 0 Å². The number of nitrogens with zero attached hydrogens (tertiary/aromatic N) is 3. The predicted molar refractivity (Wildman–Crippen MR) is 129 cm³/mol. The Hall–Kier alpha value is -3.52. The van der Waals surface area contributed by atoms with Gasteiger partial charge in [0.05, 0.1) is 16.7 Å². The number of H-pyrrole nitrogens is 1. The molecule has 1 fully saturated rings. The van der Waals surface area contributed by atoms with E-state index in [1.807, 2.05) is 24.3 Å². The molecule has 8 nitrogen and oxygen atoms in total. The van der Waals surface area contributed by atoms with Crippen molar-refractivity contribution in [2.24, 2.45) is 0 Å². The molecule has 33 heavy (non-hydrogen) atoms. The van der Waals surface area contributed by atoms with Crippen molar-refractivity contribution >= 4 is 27.8 Å². The van der Waals surface area contributed by atoms with Crippen molar-refractivity contribution in [2.75, 3.05) is 13.1 Å². The van der Waals surface area contributed by atoms with Crippen LogP contribution in [0.4, 0.5) is 0 Å². The number of carbonyl (C=O) groups is 1. The summed E-state index contributed by atoms with van der Waals surface area (Å²) >= 11 is 0. The highest BCUT2D eigenvalue weighted by Gasteiger charge is 2.14. The number of amides is 1. The van der Waals surface area contributed by atoms with Crippen LogP contribution in [0, 0.1) is 0 Å². The molecule has 3 N–H and O–H groups in total. The van der Waals surface area contributed by atoms with Gasteiger partial charge in [0.1, 0.15) is 0 Å². The van der Waals surface area contributed by atoms with E-state index in [1.54, 1.807) is 24.3 Å². The highest BCUT2D eigenvalue weighted by molar-refractivity contribution is 6.00. The summed E-state index contributed by atoms with van der Waals surface area (Å²) in [5.41, 5.74) is 2.58. The monoisotopic (exact) mass is 444 g/mol. The summed E-state index contributed by atoms with van der Waals surface area (Å²) in [5, 5.41) is 18.8. The first-order chi connectivity index (χ1) is 16.2. The second-order valence-electron chi connectivity index (χ2n) is 8.64. The fraction of sp³-hybridized carbons (Fsp3) is 0.360. The van der Waals surface area contributed by atoms with Crippen LogP contribution in [0.3, 0.4) is 0 Å². The highest BCUT2D eigenvalue weighted by atomic mass is 16.1. The van der Waals surface area contributed by atoms with Gasteiger partial charge in [0.15, 0.2) is 5.52 Å². The standard InChI is InChI=1S/C25H28N6O2/c32-24(27-16-6-15-26-18-7-2-1-3-8-18)17-11-13-19(14-12-17)31-25(33)23-22(30-31)20-9-4-5-10-21(20)28-29-23/h4-5,9-14,18,26,30H,1-3,6-8,15-16H2,(H,27,32). The SMILES string of the molecule is O=C(NCCCNC1CCCCC1)c1ccc(-n2[nH]c3c(nnc4ccccc43)c2=O)cc1.